The quantitative estimate of drug-likeness (QED) is 0.800. The number of ketones is 1. The molecule has 0 aliphatic rings. The van der Waals surface area contributed by atoms with Gasteiger partial charge < -0.3 is 15.2 Å². The van der Waals surface area contributed by atoms with Crippen LogP contribution in [0.15, 0.2) is 17.6 Å². The number of aromatic nitrogens is 2. The maximum atomic E-state index is 12.4. The summed E-state index contributed by atoms with van der Waals surface area (Å²) in [7, 11) is 1.79. The van der Waals surface area contributed by atoms with Crippen molar-refractivity contribution in [1.29, 1.82) is 0 Å². The molecule has 0 aromatic carbocycles. The van der Waals surface area contributed by atoms with E-state index in [4.69, 9.17) is 0 Å². The highest BCUT2D eigenvalue weighted by Gasteiger charge is 2.26. The van der Waals surface area contributed by atoms with Crippen molar-refractivity contribution < 1.29 is 9.59 Å². The van der Waals surface area contributed by atoms with Gasteiger partial charge >= 0.3 is 0 Å². The van der Waals surface area contributed by atoms with E-state index >= 15 is 0 Å². The predicted octanol–water partition coefficient (Wildman–Crippen LogP) is 4.17. The summed E-state index contributed by atoms with van der Waals surface area (Å²) in [6.07, 6.45) is 1.73. The molecule has 0 spiro atoms. The molecular weight excluding hydrogens is 336 g/mol. The number of Topliss-reactive ketones (excluding diaryl/α,β-unsaturated/α-hetero) is 1. The summed E-state index contributed by atoms with van der Waals surface area (Å²) in [6.45, 7) is 11.7. The van der Waals surface area contributed by atoms with Crippen molar-refractivity contribution >= 4 is 33.8 Å². The molecule has 0 unspecified atom stereocenters. The molecule has 0 saturated heterocycles. The first kappa shape index (κ1) is 19.2. The first-order chi connectivity index (χ1) is 11.4. The van der Waals surface area contributed by atoms with E-state index < -0.39 is 5.41 Å². The molecule has 25 heavy (non-hydrogen) atoms. The number of rotatable bonds is 4. The second-order valence-electron chi connectivity index (χ2n) is 8.17. The largest absolute Gasteiger partial charge is 0.357 e. The molecule has 0 aliphatic heterocycles. The number of nitrogens with zero attached hydrogens (tertiary/aromatic N) is 2. The van der Waals surface area contributed by atoms with E-state index in [-0.39, 0.29) is 17.2 Å². The Kier molecular flexibility index (Phi) is 5.09. The molecule has 6 nitrogen and oxygen atoms in total. The minimum absolute atomic E-state index is 0.0285. The van der Waals surface area contributed by atoms with E-state index in [0.717, 1.165) is 0 Å². The van der Waals surface area contributed by atoms with Crippen molar-refractivity contribution in [2.45, 2.75) is 47.1 Å². The predicted molar refractivity (Wildman–Crippen MR) is 103 cm³/mol. The number of amides is 1. The van der Waals surface area contributed by atoms with Gasteiger partial charge in [0.1, 0.15) is 5.69 Å². The second kappa shape index (κ2) is 6.63. The van der Waals surface area contributed by atoms with Crippen LogP contribution in [0.4, 0.5) is 10.8 Å². The number of hydrogen-bond acceptors (Lipinski definition) is 5. The smallest absolute Gasteiger partial charge is 0.275 e. The molecule has 2 heterocycles. The van der Waals surface area contributed by atoms with Gasteiger partial charge in [0.15, 0.2) is 10.9 Å². The zero-order valence-corrected chi connectivity index (χ0v) is 16.7. The lowest BCUT2D eigenvalue weighted by atomic mass is 9.89. The molecule has 0 aliphatic carbocycles. The van der Waals surface area contributed by atoms with E-state index in [9.17, 15) is 9.59 Å². The van der Waals surface area contributed by atoms with Gasteiger partial charge in [-0.15, -0.1) is 11.3 Å². The first-order valence-electron chi connectivity index (χ1n) is 8.13. The Labute approximate surface area is 152 Å². The number of nitrogens with one attached hydrogen (secondary N) is 2. The van der Waals surface area contributed by atoms with Crippen LogP contribution < -0.4 is 10.6 Å². The minimum atomic E-state index is -0.476. The molecule has 2 aromatic rings. The van der Waals surface area contributed by atoms with Gasteiger partial charge in [0, 0.05) is 29.6 Å². The van der Waals surface area contributed by atoms with Gasteiger partial charge in [-0.2, -0.15) is 0 Å². The topological polar surface area (TPSA) is 76.0 Å². The Bertz CT molecular complexity index is 791. The fourth-order valence-electron chi connectivity index (χ4n) is 2.19. The number of hydrogen-bond donors (Lipinski definition) is 2. The lowest BCUT2D eigenvalue weighted by Crippen LogP contribution is -2.26. The Hall–Kier alpha value is -2.15. The number of aryl methyl sites for hydroxylation is 1. The zero-order valence-electron chi connectivity index (χ0n) is 15.9. The van der Waals surface area contributed by atoms with Gasteiger partial charge in [-0.05, 0) is 26.8 Å². The van der Waals surface area contributed by atoms with Crippen LogP contribution in [0.1, 0.15) is 62.5 Å². The fraction of sp³-hybridized carbons (Fsp3) is 0.500. The molecular formula is C18H26N4O2S. The zero-order chi connectivity index (χ0) is 19.0. The molecule has 2 aromatic heterocycles. The number of thiazole rings is 1. The molecule has 2 N–H and O–H groups in total. The van der Waals surface area contributed by atoms with Gasteiger partial charge in [-0.3, -0.25) is 9.59 Å². The van der Waals surface area contributed by atoms with Crippen molar-refractivity contribution in [1.82, 2.24) is 9.55 Å². The van der Waals surface area contributed by atoms with Crippen LogP contribution >= 0.6 is 11.3 Å². The van der Waals surface area contributed by atoms with Crippen LogP contribution in [0.25, 0.3) is 0 Å². The van der Waals surface area contributed by atoms with Gasteiger partial charge in [-0.1, -0.05) is 20.8 Å². The van der Waals surface area contributed by atoms with E-state index in [1.54, 1.807) is 29.3 Å². The van der Waals surface area contributed by atoms with Crippen molar-refractivity contribution in [3.05, 3.63) is 29.0 Å². The van der Waals surface area contributed by atoms with Crippen LogP contribution in [0.2, 0.25) is 0 Å². The van der Waals surface area contributed by atoms with E-state index in [1.807, 2.05) is 41.5 Å². The van der Waals surface area contributed by atoms with E-state index in [2.05, 4.69) is 15.6 Å². The van der Waals surface area contributed by atoms with Gasteiger partial charge in [0.05, 0.1) is 11.4 Å². The third kappa shape index (κ3) is 4.92. The molecule has 0 atom stereocenters. The highest BCUT2D eigenvalue weighted by atomic mass is 32.1. The third-order valence-electron chi connectivity index (χ3n) is 3.40. The third-order valence-corrected chi connectivity index (χ3v) is 4.15. The summed E-state index contributed by atoms with van der Waals surface area (Å²) >= 11 is 1.39. The average Bonchev–Trinajstić information content (AvgIpc) is 3.02. The molecule has 7 heteroatoms. The van der Waals surface area contributed by atoms with Gasteiger partial charge in [-0.25, -0.2) is 4.98 Å². The minimum Gasteiger partial charge on any atom is -0.357 e. The highest BCUT2D eigenvalue weighted by molar-refractivity contribution is 7.13. The second-order valence-corrected chi connectivity index (χ2v) is 9.03. The molecule has 0 bridgehead atoms. The monoisotopic (exact) mass is 362 g/mol. The van der Waals surface area contributed by atoms with E-state index in [1.165, 1.54) is 11.3 Å². The summed E-state index contributed by atoms with van der Waals surface area (Å²) in [5, 5.41) is 8.47. The molecule has 2 rings (SSSR count). The number of anilines is 2. The molecule has 0 saturated carbocycles. The molecule has 0 radical (unpaired) electrons. The number of carbonyl (C=O) groups excluding carboxylic acids is 2. The van der Waals surface area contributed by atoms with Crippen LogP contribution in [0.5, 0.6) is 0 Å². The Morgan fingerprint density at radius 3 is 2.36 bits per heavy atom. The summed E-state index contributed by atoms with van der Waals surface area (Å²) in [5.74, 6) is -0.264. The van der Waals surface area contributed by atoms with Crippen LogP contribution in [0.3, 0.4) is 0 Å². The first-order valence-corrected chi connectivity index (χ1v) is 9.01. The van der Waals surface area contributed by atoms with Crippen LogP contribution in [0, 0.1) is 5.41 Å². The molecule has 1 amide bonds. The molecule has 136 valence electrons. The van der Waals surface area contributed by atoms with Gasteiger partial charge in [0.25, 0.3) is 5.91 Å². The lowest BCUT2D eigenvalue weighted by molar-refractivity contribution is 0.0849. The Balaban J connectivity index is 2.13. The summed E-state index contributed by atoms with van der Waals surface area (Å²) in [5.41, 5.74) is 0.905. The van der Waals surface area contributed by atoms with Crippen molar-refractivity contribution in [3.8, 4) is 0 Å². The maximum absolute atomic E-state index is 12.4. The summed E-state index contributed by atoms with van der Waals surface area (Å²) < 4.78 is 1.73. The van der Waals surface area contributed by atoms with E-state index in [0.29, 0.717) is 22.2 Å². The summed E-state index contributed by atoms with van der Waals surface area (Å²) in [6, 6.07) is 1.70. The van der Waals surface area contributed by atoms with Crippen LogP contribution in [-0.4, -0.2) is 26.8 Å². The number of carbonyl (C=O) groups is 2. The standard InChI is InChI=1S/C18H26N4O2S/c1-17(2,3)14(23)13-8-11(9-22(13)7)19-15(24)12-10-25-16(20-12)21-18(4,5)6/h8-10H,1-7H3,(H,19,24)(H,20,21). The normalized spacial score (nSPS) is 12.1. The van der Waals surface area contributed by atoms with Crippen molar-refractivity contribution in [2.75, 3.05) is 10.6 Å². The summed E-state index contributed by atoms with van der Waals surface area (Å²) in [4.78, 5) is 29.1. The van der Waals surface area contributed by atoms with Crippen LogP contribution in [-0.2, 0) is 7.05 Å². The SMILES string of the molecule is Cn1cc(NC(=O)c2csc(NC(C)(C)C)n2)cc1C(=O)C(C)(C)C. The lowest BCUT2D eigenvalue weighted by Gasteiger charge is -2.19. The van der Waals surface area contributed by atoms with Crippen molar-refractivity contribution in [3.63, 3.8) is 0 Å². The average molecular weight is 362 g/mol. The molecule has 0 fully saturated rings. The maximum Gasteiger partial charge on any atom is 0.275 e. The van der Waals surface area contributed by atoms with Crippen molar-refractivity contribution in [2.24, 2.45) is 12.5 Å². The highest BCUT2D eigenvalue weighted by Crippen LogP contribution is 2.25. The fourth-order valence-corrected chi connectivity index (χ4v) is 3.09. The Morgan fingerprint density at radius 2 is 1.80 bits per heavy atom. The van der Waals surface area contributed by atoms with Gasteiger partial charge in [0.2, 0.25) is 0 Å². The Morgan fingerprint density at radius 1 is 1.16 bits per heavy atom.